The second-order valence-electron chi connectivity index (χ2n) is 5.08. The fraction of sp³-hybridized carbons (Fsp3) is 0. The minimum Gasteiger partial charge on any atom is -0.255 e. The summed E-state index contributed by atoms with van der Waals surface area (Å²) in [5.74, 6) is 2.66. The van der Waals surface area contributed by atoms with E-state index in [1.807, 2.05) is 36.4 Å². The third-order valence-corrected chi connectivity index (χ3v) is 3.14. The molecule has 0 aromatic carbocycles. The molecule has 0 amide bonds. The summed E-state index contributed by atoms with van der Waals surface area (Å²) in [7, 11) is -6.00. The predicted molar refractivity (Wildman–Crippen MR) is 99.2 cm³/mol. The normalized spacial score (nSPS) is 14.6. The first-order chi connectivity index (χ1) is 13.4. The van der Waals surface area contributed by atoms with Gasteiger partial charge in [0.05, 0.1) is 11.4 Å². The first kappa shape index (κ1) is 27.0. The van der Waals surface area contributed by atoms with E-state index in [1.54, 1.807) is 12.4 Å². The van der Waals surface area contributed by atoms with Crippen LogP contribution in [0.2, 0.25) is 0 Å². The van der Waals surface area contributed by atoms with Crippen molar-refractivity contribution in [2.75, 3.05) is 0 Å². The molecule has 4 rings (SSSR count). The van der Waals surface area contributed by atoms with Crippen molar-refractivity contribution in [1.82, 2.24) is 9.97 Å². The molecule has 2 aromatic rings. The minimum atomic E-state index is -6.00. The van der Waals surface area contributed by atoms with Gasteiger partial charge in [0.25, 0.3) is 0 Å². The molecule has 147 valence electrons. The number of hydrogen-bond donors (Lipinski definition) is 0. The van der Waals surface area contributed by atoms with E-state index in [1.165, 1.54) is 11.8 Å². The number of halogens is 4. The van der Waals surface area contributed by atoms with Gasteiger partial charge in [0.1, 0.15) is 0 Å². The van der Waals surface area contributed by atoms with Crippen LogP contribution in [-0.4, -0.2) is 17.2 Å². The summed E-state index contributed by atoms with van der Waals surface area (Å²) in [5, 5.41) is 0. The van der Waals surface area contributed by atoms with Crippen LogP contribution in [0.4, 0.5) is 17.3 Å². The fourth-order valence-corrected chi connectivity index (χ4v) is 2.10. The monoisotopic (exact) mass is 484 g/mol. The first-order valence-corrected chi connectivity index (χ1v) is 7.94. The maximum atomic E-state index is 9.75. The van der Waals surface area contributed by atoms with Crippen LogP contribution in [0, 0.1) is 37.7 Å². The minimum absolute atomic E-state index is 0. The van der Waals surface area contributed by atoms with Gasteiger partial charge in [0, 0.05) is 24.2 Å². The molecule has 0 N–H and O–H groups in total. The standard InChI is InChI=1S/C10H8N2.C9H7.CO.BF4.Mo/c1-3-7-11-9(5-1)10-6-2-4-8-12-10;1-2-5-9-7-3-6-8(9)4-1;1-2;2-1(3,4)5;/h1-8H;1-7H;;;/q;;;-1;+2. The molecular weight excluding hydrogens is 467 g/mol. The Morgan fingerprint density at radius 2 is 1.10 bits per heavy atom. The molecule has 9 heteroatoms. The Morgan fingerprint density at radius 1 is 0.724 bits per heavy atom. The van der Waals surface area contributed by atoms with E-state index in [0.717, 1.165) is 11.4 Å². The Kier molecular flexibility index (Phi) is 13.9. The molecule has 0 atom stereocenters. The number of aromatic nitrogens is 2. The van der Waals surface area contributed by atoms with Crippen molar-refractivity contribution < 1.29 is 43.0 Å². The van der Waals surface area contributed by atoms with Crippen LogP contribution in [0.1, 0.15) is 0 Å². The third kappa shape index (κ3) is 12.2. The van der Waals surface area contributed by atoms with Gasteiger partial charge in [-0.2, -0.15) is 0 Å². The molecule has 1 fully saturated rings. The van der Waals surface area contributed by atoms with Crippen LogP contribution in [-0.2, 0) is 25.7 Å². The maximum Gasteiger partial charge on any atom is 2.00 e. The van der Waals surface area contributed by atoms with Crippen LogP contribution in [0.3, 0.4) is 0 Å². The van der Waals surface area contributed by atoms with E-state index >= 15 is 0 Å². The van der Waals surface area contributed by atoms with Crippen LogP contribution < -0.4 is 0 Å². The fourth-order valence-electron chi connectivity index (χ4n) is 2.10. The Bertz CT molecular complexity index is 694. The number of pyridine rings is 2. The van der Waals surface area contributed by atoms with Crippen molar-refractivity contribution in [2.45, 2.75) is 0 Å². The van der Waals surface area contributed by atoms with E-state index in [0.29, 0.717) is 0 Å². The van der Waals surface area contributed by atoms with Crippen molar-refractivity contribution in [3.8, 4) is 11.4 Å². The summed E-state index contributed by atoms with van der Waals surface area (Å²) < 4.78 is 46.5. The number of fused-ring (bicyclic) bond motifs is 1. The number of hydrogen-bond acceptors (Lipinski definition) is 2. The molecule has 0 spiro atoms. The van der Waals surface area contributed by atoms with Crippen molar-refractivity contribution in [3.63, 3.8) is 0 Å². The maximum absolute atomic E-state index is 9.75. The van der Waals surface area contributed by atoms with Crippen LogP contribution in [0.5, 0.6) is 0 Å². The second-order valence-corrected chi connectivity index (χ2v) is 5.08. The molecule has 0 saturated heterocycles. The zero-order chi connectivity index (χ0) is 20.8. The van der Waals surface area contributed by atoms with E-state index in [9.17, 15) is 17.3 Å². The average Bonchev–Trinajstić information content (AvgIpc) is 3.19. The topological polar surface area (TPSA) is 45.7 Å². The Hall–Kier alpha value is -2.01. The van der Waals surface area contributed by atoms with Gasteiger partial charge >= 0.3 is 39.6 Å². The van der Waals surface area contributed by atoms with Gasteiger partial charge < -0.3 is 17.3 Å². The summed E-state index contributed by atoms with van der Waals surface area (Å²) in [6.07, 6.45) is 18.2. The molecule has 5 radical (unpaired) electrons. The van der Waals surface area contributed by atoms with Crippen molar-refractivity contribution in [1.29, 1.82) is 0 Å². The van der Waals surface area contributed by atoms with Gasteiger partial charge in [-0.25, -0.2) is 0 Å². The Balaban J connectivity index is 0.000000411. The number of nitrogens with zero attached hydrogens (tertiary/aromatic N) is 2. The van der Waals surface area contributed by atoms with Gasteiger partial charge in [-0.1, -0.05) is 36.4 Å². The van der Waals surface area contributed by atoms with Crippen molar-refractivity contribution in [3.05, 3.63) is 111 Å². The molecule has 0 bridgehead atoms. The van der Waals surface area contributed by atoms with Gasteiger partial charge in [-0.3, -0.25) is 9.97 Å². The van der Waals surface area contributed by atoms with E-state index in [-0.39, 0.29) is 21.1 Å². The van der Waals surface area contributed by atoms with E-state index < -0.39 is 7.25 Å². The Morgan fingerprint density at radius 3 is 1.41 bits per heavy atom. The summed E-state index contributed by atoms with van der Waals surface area (Å²) >= 11 is 0. The molecule has 29 heavy (non-hydrogen) atoms. The van der Waals surface area contributed by atoms with Crippen LogP contribution in [0.15, 0.2) is 73.1 Å². The van der Waals surface area contributed by atoms with Crippen molar-refractivity contribution >= 4 is 7.25 Å². The van der Waals surface area contributed by atoms with Gasteiger partial charge in [0.2, 0.25) is 0 Å². The Labute approximate surface area is 182 Å². The largest absolute Gasteiger partial charge is 2.00 e. The van der Waals surface area contributed by atoms with E-state index in [2.05, 4.69) is 60.2 Å². The third-order valence-electron chi connectivity index (χ3n) is 3.14. The van der Waals surface area contributed by atoms with Crippen molar-refractivity contribution in [2.24, 2.45) is 0 Å². The summed E-state index contributed by atoms with van der Waals surface area (Å²) in [4.78, 5) is 8.37. The number of rotatable bonds is 1. The SMILES string of the molecule is F[B-](F)(F)F.[C-]#[O+].[CH]1[CH][C]2C=CC=C[C]2[CH]1.[Mo+2].c1ccc(-c2ccccn2)nc1. The smallest absolute Gasteiger partial charge is 0.255 e. The summed E-state index contributed by atoms with van der Waals surface area (Å²) in [6.45, 7) is 4.50. The van der Waals surface area contributed by atoms with Gasteiger partial charge in [-0.05, 0) is 43.5 Å². The zero-order valence-corrected chi connectivity index (χ0v) is 17.0. The predicted octanol–water partition coefficient (Wildman–Crippen LogP) is 5.29. The molecule has 2 aromatic heterocycles. The number of allylic oxidation sites excluding steroid dienone is 4. The van der Waals surface area contributed by atoms with E-state index in [4.69, 9.17) is 4.65 Å². The molecule has 2 aliphatic rings. The molecule has 3 nitrogen and oxygen atoms in total. The summed E-state index contributed by atoms with van der Waals surface area (Å²) in [5.41, 5.74) is 1.83. The quantitative estimate of drug-likeness (QED) is 0.240. The first-order valence-electron chi connectivity index (χ1n) is 7.94. The molecule has 1 saturated carbocycles. The molecule has 2 aliphatic carbocycles. The second kappa shape index (κ2) is 14.9. The van der Waals surface area contributed by atoms with Crippen LogP contribution in [0.25, 0.3) is 11.4 Å². The molecule has 0 aliphatic heterocycles. The molecule has 2 heterocycles. The summed E-state index contributed by atoms with van der Waals surface area (Å²) in [6, 6.07) is 11.6. The van der Waals surface area contributed by atoms with Gasteiger partial charge in [-0.15, -0.1) is 0 Å². The molecule has 0 unspecified atom stereocenters. The van der Waals surface area contributed by atoms with Gasteiger partial charge in [0.15, 0.2) is 0 Å². The zero-order valence-electron chi connectivity index (χ0n) is 15.0. The average molecular weight is 482 g/mol. The molecular formula is C20H15BF4MoN2O+. The van der Waals surface area contributed by atoms with Crippen LogP contribution >= 0.6 is 0 Å².